The van der Waals surface area contributed by atoms with Gasteiger partial charge in [0.15, 0.2) is 0 Å². The molecule has 0 unspecified atom stereocenters. The molecular formula is C9H15N. The highest BCUT2D eigenvalue weighted by molar-refractivity contribution is 5.71. The van der Waals surface area contributed by atoms with Crippen LogP contribution in [0.2, 0.25) is 0 Å². The van der Waals surface area contributed by atoms with Crippen LogP contribution in [0, 0.1) is 0 Å². The minimum Gasteiger partial charge on any atom is -0.293 e. The molecule has 0 rings (SSSR count). The fourth-order valence-electron chi connectivity index (χ4n) is 0.489. The summed E-state index contributed by atoms with van der Waals surface area (Å²) in [7, 11) is 0. The van der Waals surface area contributed by atoms with Gasteiger partial charge in [0.2, 0.25) is 0 Å². The zero-order chi connectivity index (χ0) is 7.66. The van der Waals surface area contributed by atoms with Gasteiger partial charge in [0.05, 0.1) is 0 Å². The Morgan fingerprint density at radius 2 is 2.00 bits per heavy atom. The second-order valence-corrected chi connectivity index (χ2v) is 1.97. The molecule has 0 aliphatic rings. The average Bonchev–Trinajstić information content (AvgIpc) is 1.97. The van der Waals surface area contributed by atoms with Crippen molar-refractivity contribution >= 4 is 6.21 Å². The zero-order valence-corrected chi connectivity index (χ0v) is 6.75. The Balaban J connectivity index is 3.32. The van der Waals surface area contributed by atoms with Crippen LogP contribution < -0.4 is 0 Å². The maximum absolute atomic E-state index is 4.12. The SMILES string of the molecule is C\C=C/C=C\C=N\CCC. The van der Waals surface area contributed by atoms with Crippen LogP contribution in [0.4, 0.5) is 0 Å². The van der Waals surface area contributed by atoms with Gasteiger partial charge in [-0.15, -0.1) is 0 Å². The summed E-state index contributed by atoms with van der Waals surface area (Å²) >= 11 is 0. The van der Waals surface area contributed by atoms with E-state index in [0.29, 0.717) is 0 Å². The van der Waals surface area contributed by atoms with Crippen LogP contribution in [-0.2, 0) is 0 Å². The molecule has 0 aromatic rings. The van der Waals surface area contributed by atoms with Crippen LogP contribution in [0.5, 0.6) is 0 Å². The molecule has 0 aromatic heterocycles. The first-order valence-electron chi connectivity index (χ1n) is 3.69. The van der Waals surface area contributed by atoms with Gasteiger partial charge >= 0.3 is 0 Å². The summed E-state index contributed by atoms with van der Waals surface area (Å²) in [5.74, 6) is 0. The molecule has 1 nitrogen and oxygen atoms in total. The quantitative estimate of drug-likeness (QED) is 0.417. The monoisotopic (exact) mass is 137 g/mol. The van der Waals surface area contributed by atoms with Crippen LogP contribution in [0.15, 0.2) is 29.3 Å². The van der Waals surface area contributed by atoms with Gasteiger partial charge in [-0.1, -0.05) is 25.2 Å². The highest BCUT2D eigenvalue weighted by atomic mass is 14.7. The second-order valence-electron chi connectivity index (χ2n) is 1.97. The van der Waals surface area contributed by atoms with Gasteiger partial charge in [-0.3, -0.25) is 4.99 Å². The number of aliphatic imine (C=N–C) groups is 1. The molecule has 0 aliphatic heterocycles. The van der Waals surface area contributed by atoms with Crippen molar-refractivity contribution in [3.05, 3.63) is 24.3 Å². The minimum absolute atomic E-state index is 0.931. The second kappa shape index (κ2) is 8.15. The molecule has 0 spiro atoms. The third-order valence-corrected chi connectivity index (χ3v) is 0.959. The lowest BCUT2D eigenvalue weighted by molar-refractivity contribution is 0.937. The summed E-state index contributed by atoms with van der Waals surface area (Å²) in [6, 6.07) is 0. The summed E-state index contributed by atoms with van der Waals surface area (Å²) in [5.41, 5.74) is 0. The molecule has 1 heteroatoms. The highest BCUT2D eigenvalue weighted by Gasteiger charge is 1.67. The molecule has 0 saturated heterocycles. The Morgan fingerprint density at radius 1 is 1.20 bits per heavy atom. The maximum Gasteiger partial charge on any atom is 0.0386 e. The van der Waals surface area contributed by atoms with Crippen LogP contribution in [-0.4, -0.2) is 12.8 Å². The molecule has 0 saturated carbocycles. The Morgan fingerprint density at radius 3 is 2.60 bits per heavy atom. The van der Waals surface area contributed by atoms with Crippen molar-refractivity contribution < 1.29 is 0 Å². The lowest BCUT2D eigenvalue weighted by Gasteiger charge is -1.80. The molecule has 0 aliphatic carbocycles. The first-order valence-corrected chi connectivity index (χ1v) is 3.69. The third-order valence-electron chi connectivity index (χ3n) is 0.959. The molecule has 0 bridgehead atoms. The van der Waals surface area contributed by atoms with Crippen LogP contribution >= 0.6 is 0 Å². The van der Waals surface area contributed by atoms with Crippen molar-refractivity contribution in [3.63, 3.8) is 0 Å². The average molecular weight is 137 g/mol. The Labute approximate surface area is 63.2 Å². The molecule has 0 heterocycles. The van der Waals surface area contributed by atoms with E-state index in [-0.39, 0.29) is 0 Å². The smallest absolute Gasteiger partial charge is 0.0386 e. The third kappa shape index (κ3) is 7.15. The van der Waals surface area contributed by atoms with E-state index in [4.69, 9.17) is 0 Å². The normalized spacial score (nSPS) is 12.6. The maximum atomic E-state index is 4.12. The molecule has 56 valence electrons. The van der Waals surface area contributed by atoms with Gasteiger partial charge < -0.3 is 0 Å². The van der Waals surface area contributed by atoms with Crippen molar-refractivity contribution in [2.45, 2.75) is 20.3 Å². The molecular weight excluding hydrogens is 122 g/mol. The predicted molar refractivity (Wildman–Crippen MR) is 47.6 cm³/mol. The van der Waals surface area contributed by atoms with Crippen molar-refractivity contribution in [1.82, 2.24) is 0 Å². The molecule has 0 radical (unpaired) electrons. The molecule has 10 heavy (non-hydrogen) atoms. The van der Waals surface area contributed by atoms with E-state index in [0.717, 1.165) is 13.0 Å². The molecule has 0 amide bonds. The number of hydrogen-bond donors (Lipinski definition) is 0. The van der Waals surface area contributed by atoms with E-state index in [1.807, 2.05) is 37.4 Å². The highest BCUT2D eigenvalue weighted by Crippen LogP contribution is 1.77. The van der Waals surface area contributed by atoms with E-state index in [1.54, 1.807) is 0 Å². The van der Waals surface area contributed by atoms with Crippen LogP contribution in [0.1, 0.15) is 20.3 Å². The van der Waals surface area contributed by atoms with E-state index >= 15 is 0 Å². The van der Waals surface area contributed by atoms with Gasteiger partial charge in [-0.25, -0.2) is 0 Å². The van der Waals surface area contributed by atoms with Crippen molar-refractivity contribution in [1.29, 1.82) is 0 Å². The topological polar surface area (TPSA) is 12.4 Å². The van der Waals surface area contributed by atoms with E-state index < -0.39 is 0 Å². The van der Waals surface area contributed by atoms with E-state index in [2.05, 4.69) is 11.9 Å². The van der Waals surface area contributed by atoms with E-state index in [1.165, 1.54) is 0 Å². The standard InChI is InChI=1S/C9H15N/c1-3-5-6-7-9-10-8-4-2/h3,5-7,9H,4,8H2,1-2H3/b5-3-,7-6-,10-9+. The van der Waals surface area contributed by atoms with Gasteiger partial charge in [-0.05, 0) is 19.4 Å². The Bertz CT molecular complexity index is 132. The van der Waals surface area contributed by atoms with Gasteiger partial charge in [0, 0.05) is 12.8 Å². The van der Waals surface area contributed by atoms with Gasteiger partial charge in [0.1, 0.15) is 0 Å². The largest absolute Gasteiger partial charge is 0.293 e. The number of allylic oxidation sites excluding steroid dienone is 4. The fraction of sp³-hybridized carbons (Fsp3) is 0.444. The fourth-order valence-corrected chi connectivity index (χ4v) is 0.489. The molecule has 0 atom stereocenters. The van der Waals surface area contributed by atoms with Crippen LogP contribution in [0.3, 0.4) is 0 Å². The Kier molecular flexibility index (Phi) is 7.46. The minimum atomic E-state index is 0.931. The number of nitrogens with zero attached hydrogens (tertiary/aromatic N) is 1. The summed E-state index contributed by atoms with van der Waals surface area (Å²) in [5, 5.41) is 0. The van der Waals surface area contributed by atoms with E-state index in [9.17, 15) is 0 Å². The zero-order valence-electron chi connectivity index (χ0n) is 6.75. The van der Waals surface area contributed by atoms with Crippen LogP contribution in [0.25, 0.3) is 0 Å². The van der Waals surface area contributed by atoms with Crippen molar-refractivity contribution in [2.75, 3.05) is 6.54 Å². The lowest BCUT2D eigenvalue weighted by atomic mass is 10.4. The molecule has 0 aromatic carbocycles. The Hall–Kier alpha value is -0.850. The van der Waals surface area contributed by atoms with Gasteiger partial charge in [-0.2, -0.15) is 0 Å². The predicted octanol–water partition coefficient (Wildman–Crippen LogP) is 2.60. The summed E-state index contributed by atoms with van der Waals surface area (Å²) in [6.07, 6.45) is 10.8. The summed E-state index contributed by atoms with van der Waals surface area (Å²) < 4.78 is 0. The molecule has 0 N–H and O–H groups in total. The molecule has 0 fully saturated rings. The first kappa shape index (κ1) is 9.15. The summed E-state index contributed by atoms with van der Waals surface area (Å²) in [6.45, 7) is 5.04. The van der Waals surface area contributed by atoms with Crippen molar-refractivity contribution in [3.8, 4) is 0 Å². The van der Waals surface area contributed by atoms with Gasteiger partial charge in [0.25, 0.3) is 0 Å². The number of hydrogen-bond acceptors (Lipinski definition) is 1. The number of rotatable bonds is 4. The van der Waals surface area contributed by atoms with Crippen molar-refractivity contribution in [2.24, 2.45) is 4.99 Å². The lowest BCUT2D eigenvalue weighted by Crippen LogP contribution is -1.73. The summed E-state index contributed by atoms with van der Waals surface area (Å²) in [4.78, 5) is 4.12. The first-order chi connectivity index (χ1) is 4.91.